The van der Waals surface area contributed by atoms with Crippen LogP contribution in [0.15, 0.2) is 340 Å². The van der Waals surface area contributed by atoms with Crippen LogP contribution in [0.4, 0.5) is 34.1 Å². The summed E-state index contributed by atoms with van der Waals surface area (Å²) in [6, 6.07) is 102. The molecule has 3 heterocycles. The Bertz CT molecular complexity index is 6400. The number of fused-ring (bicyclic) bond motifs is 17. The van der Waals surface area contributed by atoms with E-state index in [1.54, 1.807) is 4.57 Å². The van der Waals surface area contributed by atoms with E-state index in [-0.39, 0.29) is 44.7 Å². The summed E-state index contributed by atoms with van der Waals surface area (Å²) in [7, 11) is 0. The van der Waals surface area contributed by atoms with Gasteiger partial charge in [-0.2, -0.15) is 0 Å². The molecule has 4 heteroatoms. The Balaban J connectivity index is 1.01. The van der Waals surface area contributed by atoms with E-state index in [1.165, 1.54) is 44.5 Å². The molecule has 488 valence electrons. The molecule has 2 aliphatic heterocycles. The van der Waals surface area contributed by atoms with Crippen LogP contribution in [0.5, 0.6) is 0 Å². The van der Waals surface area contributed by atoms with E-state index in [2.05, 4.69) is 330 Å². The van der Waals surface area contributed by atoms with Gasteiger partial charge in [-0.1, -0.05) is 333 Å². The van der Waals surface area contributed by atoms with Crippen LogP contribution in [-0.2, 0) is 16.2 Å². The number of rotatable bonds is 8. The van der Waals surface area contributed by atoms with Crippen LogP contribution in [0.1, 0.15) is 85.9 Å². The normalized spacial score (nSPS) is 14.6. The number of hydrogen-bond donors (Lipinski definition) is 0. The monoisotopic (exact) mass is 1320 g/mol. The minimum Gasteiger partial charge on any atom is -0.310 e. The smallest absolute Gasteiger partial charge is 0.252 e. The zero-order valence-corrected chi connectivity index (χ0v) is 58.1. The van der Waals surface area contributed by atoms with E-state index in [9.17, 15) is 11.0 Å². The number of anilines is 6. The van der Waals surface area contributed by atoms with Crippen molar-refractivity contribution in [2.45, 2.75) is 57.8 Å². The summed E-state index contributed by atoms with van der Waals surface area (Å²) < 4.78 is 79.6. The Morgan fingerprint density at radius 2 is 0.728 bits per heavy atom. The van der Waals surface area contributed by atoms with Crippen molar-refractivity contribution in [3.8, 4) is 83.6 Å². The zero-order valence-electron chi connectivity index (χ0n) is 66.1. The van der Waals surface area contributed by atoms with Crippen LogP contribution < -0.4 is 26.2 Å². The highest BCUT2D eigenvalue weighted by atomic mass is 15.2. The van der Waals surface area contributed by atoms with Gasteiger partial charge in [0.25, 0.3) is 6.71 Å². The molecular weight excluding hydrogens is 1240 g/mol. The van der Waals surface area contributed by atoms with E-state index in [4.69, 9.17) is 0 Å². The molecular formula is C99H74BN3. The molecule has 0 saturated carbocycles. The third-order valence-corrected chi connectivity index (χ3v) is 22.3. The van der Waals surface area contributed by atoms with E-state index >= 15 is 0 Å². The standard InChI is InChI=1S/C99H74BN3/c1-97(2,3)68-54-56-89-86(60-68)100-85-55-53-67(71-44-29-47-79-76-41-21-26-50-84(76)99(93(71)79)82-48-24-19-39-74(82)75-40-20-25-49-83(75)99)57-90(85)103(96-80(65-35-15-9-16-36-65)58-69(98(4,5)6)59-81(96)66-37-17-10-18-38-66)92-62-70(101-87-51-27-22-42-77(87)78-43-23-28-52-88(78)101)61-91(94(92)100)102(89)95-72(63-31-11-7-12-32-63)45-30-46-73(95)64-33-13-8-14-34-64/h7-62H,1-6H3/i22D,23D,27D,28D,42D,43D,51D,52D. The number of para-hydroxylation sites is 3. The third kappa shape index (κ3) is 9.03. The Morgan fingerprint density at radius 1 is 0.311 bits per heavy atom. The van der Waals surface area contributed by atoms with Gasteiger partial charge in [-0.3, -0.25) is 0 Å². The molecule has 0 unspecified atom stereocenters. The minimum absolute atomic E-state index is 0.00453. The lowest BCUT2D eigenvalue weighted by Crippen LogP contribution is -2.61. The van der Waals surface area contributed by atoms with Crippen LogP contribution >= 0.6 is 0 Å². The van der Waals surface area contributed by atoms with Gasteiger partial charge < -0.3 is 14.4 Å². The summed E-state index contributed by atoms with van der Waals surface area (Å²) in [5.74, 6) is 0. The van der Waals surface area contributed by atoms with Gasteiger partial charge in [-0.15, -0.1) is 0 Å². The number of hydrogen-bond acceptors (Lipinski definition) is 2. The maximum atomic E-state index is 10.2. The zero-order chi connectivity index (χ0) is 76.0. The predicted molar refractivity (Wildman–Crippen MR) is 436 cm³/mol. The summed E-state index contributed by atoms with van der Waals surface area (Å²) in [5, 5.41) is -0.00906. The molecule has 20 rings (SSSR count). The summed E-state index contributed by atoms with van der Waals surface area (Å²) in [5.41, 5.74) is 29.1. The lowest BCUT2D eigenvalue weighted by molar-refractivity contribution is 0.590. The fourth-order valence-electron chi connectivity index (χ4n) is 17.8. The lowest BCUT2D eigenvalue weighted by atomic mass is 9.33. The van der Waals surface area contributed by atoms with E-state index < -0.39 is 48.4 Å². The van der Waals surface area contributed by atoms with Gasteiger partial charge >= 0.3 is 0 Å². The van der Waals surface area contributed by atoms with Crippen LogP contribution in [0.2, 0.25) is 0 Å². The summed E-state index contributed by atoms with van der Waals surface area (Å²) in [4.78, 5) is 4.93. The molecule has 4 aliphatic rings. The Morgan fingerprint density at radius 3 is 1.23 bits per heavy atom. The van der Waals surface area contributed by atoms with Crippen molar-refractivity contribution in [1.29, 1.82) is 0 Å². The molecule has 0 atom stereocenters. The number of nitrogens with zero attached hydrogens (tertiary/aromatic N) is 3. The molecule has 0 bridgehead atoms. The minimum atomic E-state index is -0.706. The van der Waals surface area contributed by atoms with Crippen molar-refractivity contribution < 1.29 is 11.0 Å². The van der Waals surface area contributed by atoms with Gasteiger partial charge in [-0.25, -0.2) is 0 Å². The van der Waals surface area contributed by atoms with Gasteiger partial charge in [0, 0.05) is 55.8 Å². The molecule has 1 spiro atoms. The highest BCUT2D eigenvalue weighted by molar-refractivity contribution is 7.00. The topological polar surface area (TPSA) is 11.4 Å². The van der Waals surface area contributed by atoms with Gasteiger partial charge in [0.1, 0.15) is 0 Å². The average Bonchev–Trinajstić information content (AvgIpc) is 1.57. The van der Waals surface area contributed by atoms with Gasteiger partial charge in [0.2, 0.25) is 0 Å². The fraction of sp³-hybridized carbons (Fsp3) is 0.0909. The van der Waals surface area contributed by atoms with Gasteiger partial charge in [0.15, 0.2) is 0 Å². The van der Waals surface area contributed by atoms with Crippen molar-refractivity contribution in [3.05, 3.63) is 373 Å². The Hall–Kier alpha value is -12.2. The second kappa shape index (κ2) is 22.9. The van der Waals surface area contributed by atoms with E-state index in [1.807, 2.05) is 12.1 Å². The Labute approximate surface area is 615 Å². The van der Waals surface area contributed by atoms with Gasteiger partial charge in [-0.05, 0) is 165 Å². The Kier molecular flexibility index (Phi) is 11.7. The first-order chi connectivity index (χ1) is 53.7. The SMILES string of the molecule is [2H]c1c([2H])c([2H])c2c(c1[2H])c1c([2H])c([2H])c([2H])c([2H])c1n2-c1cc2c3c(c1)N(c1c(-c4ccccc4)cc(C(C)(C)C)cc1-c1ccccc1)c1cc(-c4cccc5c4C4(c6ccccc6-c6ccccc64)c4ccccc4-5)ccc1B3c1cc(C(C)(C)C)ccc1N2c1c(-c2ccccc2)cccc1-c1ccccc1. The molecule has 0 amide bonds. The highest BCUT2D eigenvalue weighted by Gasteiger charge is 2.53. The lowest BCUT2D eigenvalue weighted by Gasteiger charge is -2.46. The molecule has 1 aromatic heterocycles. The van der Waals surface area contributed by atoms with E-state index in [0.29, 0.717) is 5.69 Å². The largest absolute Gasteiger partial charge is 0.310 e. The van der Waals surface area contributed by atoms with Crippen molar-refractivity contribution in [1.82, 2.24) is 4.57 Å². The van der Waals surface area contributed by atoms with Crippen molar-refractivity contribution in [3.63, 3.8) is 0 Å². The van der Waals surface area contributed by atoms with Crippen molar-refractivity contribution in [2.75, 3.05) is 9.80 Å². The average molecular weight is 1320 g/mol. The number of benzene rings is 15. The molecule has 0 saturated heterocycles. The quantitative estimate of drug-likeness (QED) is 0.141. The predicted octanol–water partition coefficient (Wildman–Crippen LogP) is 24.1. The first-order valence-electron chi connectivity index (χ1n) is 39.8. The second-order valence-corrected chi connectivity index (χ2v) is 30.0. The van der Waals surface area contributed by atoms with Crippen LogP contribution in [-0.4, -0.2) is 11.3 Å². The van der Waals surface area contributed by atoms with Crippen molar-refractivity contribution >= 4 is 79.0 Å². The highest BCUT2D eigenvalue weighted by Crippen LogP contribution is 2.65. The summed E-state index contributed by atoms with van der Waals surface area (Å²) in [6.07, 6.45) is 0. The van der Waals surface area contributed by atoms with Crippen molar-refractivity contribution in [2.24, 2.45) is 0 Å². The third-order valence-electron chi connectivity index (χ3n) is 22.3. The summed E-state index contributed by atoms with van der Waals surface area (Å²) in [6.45, 7) is 13.1. The molecule has 0 radical (unpaired) electrons. The summed E-state index contributed by atoms with van der Waals surface area (Å²) >= 11 is 0. The molecule has 2 aliphatic carbocycles. The van der Waals surface area contributed by atoms with Crippen LogP contribution in [0, 0.1) is 0 Å². The fourth-order valence-corrected chi connectivity index (χ4v) is 17.8. The number of aromatic nitrogens is 1. The molecule has 0 N–H and O–H groups in total. The molecule has 103 heavy (non-hydrogen) atoms. The molecule has 3 nitrogen and oxygen atoms in total. The maximum Gasteiger partial charge on any atom is 0.252 e. The second-order valence-electron chi connectivity index (χ2n) is 30.0. The van der Waals surface area contributed by atoms with Crippen LogP contribution in [0.25, 0.3) is 105 Å². The maximum absolute atomic E-state index is 10.2. The van der Waals surface area contributed by atoms with Crippen LogP contribution in [0.3, 0.4) is 0 Å². The van der Waals surface area contributed by atoms with E-state index in [0.717, 1.165) is 117 Å². The molecule has 16 aromatic rings. The molecule has 0 fully saturated rings. The first-order valence-corrected chi connectivity index (χ1v) is 35.8. The molecule has 15 aromatic carbocycles. The van der Waals surface area contributed by atoms with Gasteiger partial charge in [0.05, 0.1) is 44.5 Å². The first kappa shape index (κ1) is 52.7.